The van der Waals surface area contributed by atoms with Crippen LogP contribution in [0.2, 0.25) is 0 Å². The van der Waals surface area contributed by atoms with E-state index in [1.807, 2.05) is 18.2 Å². The van der Waals surface area contributed by atoms with Gasteiger partial charge in [-0.05, 0) is 52.4 Å². The van der Waals surface area contributed by atoms with Gasteiger partial charge in [0.2, 0.25) is 5.13 Å². The minimum absolute atomic E-state index is 0.0576. The van der Waals surface area contributed by atoms with E-state index in [-0.39, 0.29) is 12.5 Å². The minimum Gasteiger partial charge on any atom is -0.483 e. The number of hydrogen-bond donors (Lipinski definition) is 1. The molecule has 0 radical (unpaired) electrons. The molecule has 1 amide bonds. The fraction of sp³-hybridized carbons (Fsp3) is 0.438. The molecule has 1 fully saturated rings. The maximum absolute atomic E-state index is 12.0. The van der Waals surface area contributed by atoms with Gasteiger partial charge in [-0.15, -0.1) is 10.2 Å². The fourth-order valence-electron chi connectivity index (χ4n) is 2.07. The number of ether oxygens (including phenoxy) is 1. The Bertz CT molecular complexity index is 713. The number of anilines is 1. The number of rotatable bonds is 6. The zero-order chi connectivity index (χ0) is 16.4. The van der Waals surface area contributed by atoms with Crippen LogP contribution in [-0.4, -0.2) is 22.7 Å². The second kappa shape index (κ2) is 6.97. The maximum Gasteiger partial charge on any atom is 0.264 e. The van der Waals surface area contributed by atoms with Gasteiger partial charge in [-0.2, -0.15) is 0 Å². The molecule has 0 spiro atoms. The molecule has 2 aromatic rings. The zero-order valence-electron chi connectivity index (χ0n) is 13.0. The second-order valence-corrected chi connectivity index (χ2v) is 7.76. The number of aromatic nitrogens is 2. The molecule has 1 saturated carbocycles. The topological polar surface area (TPSA) is 64.1 Å². The molecule has 23 heavy (non-hydrogen) atoms. The monoisotopic (exact) mass is 395 g/mol. The van der Waals surface area contributed by atoms with E-state index in [0.717, 1.165) is 9.48 Å². The van der Waals surface area contributed by atoms with Gasteiger partial charge < -0.3 is 4.74 Å². The van der Waals surface area contributed by atoms with E-state index in [0.29, 0.717) is 22.7 Å². The van der Waals surface area contributed by atoms with Crippen LogP contribution in [0.4, 0.5) is 5.13 Å². The lowest BCUT2D eigenvalue weighted by Gasteiger charge is -2.11. The number of nitrogens with zero attached hydrogens (tertiary/aromatic N) is 2. The summed E-state index contributed by atoms with van der Waals surface area (Å²) in [7, 11) is 0. The fourth-order valence-corrected chi connectivity index (χ4v) is 3.51. The first-order valence-electron chi connectivity index (χ1n) is 7.58. The normalized spacial score (nSPS) is 14.1. The number of carbonyl (C=O) groups excluding carboxylic acids is 1. The van der Waals surface area contributed by atoms with Gasteiger partial charge in [-0.1, -0.05) is 31.3 Å². The van der Waals surface area contributed by atoms with Crippen LogP contribution in [0.3, 0.4) is 0 Å². The minimum atomic E-state index is -0.233. The van der Waals surface area contributed by atoms with Crippen molar-refractivity contribution in [1.29, 1.82) is 0 Å². The van der Waals surface area contributed by atoms with E-state index in [4.69, 9.17) is 4.74 Å². The van der Waals surface area contributed by atoms with Gasteiger partial charge in [-0.3, -0.25) is 10.1 Å². The van der Waals surface area contributed by atoms with Gasteiger partial charge >= 0.3 is 0 Å². The summed E-state index contributed by atoms with van der Waals surface area (Å²) in [6.07, 6.45) is 2.35. The average Bonchev–Trinajstić information content (AvgIpc) is 3.26. The van der Waals surface area contributed by atoms with Crippen molar-refractivity contribution in [2.45, 2.75) is 38.5 Å². The van der Waals surface area contributed by atoms with E-state index >= 15 is 0 Å². The van der Waals surface area contributed by atoms with E-state index in [1.54, 1.807) is 0 Å². The molecule has 1 aromatic heterocycles. The molecule has 0 bridgehead atoms. The molecule has 5 nitrogen and oxygen atoms in total. The highest BCUT2D eigenvalue weighted by molar-refractivity contribution is 9.10. The van der Waals surface area contributed by atoms with Gasteiger partial charge in [0.05, 0.1) is 4.47 Å². The number of hydrogen-bond acceptors (Lipinski definition) is 5. The quantitative estimate of drug-likeness (QED) is 0.790. The van der Waals surface area contributed by atoms with Crippen LogP contribution in [0.15, 0.2) is 22.7 Å². The molecule has 1 heterocycles. The lowest BCUT2D eigenvalue weighted by atomic mass is 10.0. The maximum atomic E-state index is 12.0. The first-order chi connectivity index (χ1) is 11.0. The molecule has 0 saturated heterocycles. The zero-order valence-corrected chi connectivity index (χ0v) is 15.4. The molecule has 0 unspecified atom stereocenters. The predicted octanol–water partition coefficient (Wildman–Crippen LogP) is 4.32. The molecule has 0 aliphatic heterocycles. The lowest BCUT2D eigenvalue weighted by molar-refractivity contribution is -0.118. The van der Waals surface area contributed by atoms with Crippen LogP contribution < -0.4 is 10.1 Å². The van der Waals surface area contributed by atoms with Gasteiger partial charge in [0.25, 0.3) is 5.91 Å². The molecule has 0 atom stereocenters. The van der Waals surface area contributed by atoms with Gasteiger partial charge in [0.1, 0.15) is 10.8 Å². The Hall–Kier alpha value is -1.47. The Kier molecular flexibility index (Phi) is 4.96. The number of halogens is 1. The third-order valence-corrected chi connectivity index (χ3v) is 5.22. The van der Waals surface area contributed by atoms with Crippen molar-refractivity contribution in [1.82, 2.24) is 10.2 Å². The van der Waals surface area contributed by atoms with Gasteiger partial charge in [0.15, 0.2) is 6.61 Å². The van der Waals surface area contributed by atoms with Crippen LogP contribution in [0.25, 0.3) is 0 Å². The van der Waals surface area contributed by atoms with E-state index in [1.165, 1.54) is 29.7 Å². The molecule has 1 aromatic carbocycles. The smallest absolute Gasteiger partial charge is 0.264 e. The summed E-state index contributed by atoms with van der Waals surface area (Å²) >= 11 is 4.92. The molecule has 122 valence electrons. The van der Waals surface area contributed by atoms with Crippen molar-refractivity contribution in [3.05, 3.63) is 33.2 Å². The largest absolute Gasteiger partial charge is 0.483 e. The third-order valence-electron chi connectivity index (χ3n) is 3.59. The lowest BCUT2D eigenvalue weighted by Crippen LogP contribution is -2.20. The highest BCUT2D eigenvalue weighted by Crippen LogP contribution is 2.42. The molecule has 7 heteroatoms. The summed E-state index contributed by atoms with van der Waals surface area (Å²) in [5.41, 5.74) is 1.22. The summed E-state index contributed by atoms with van der Waals surface area (Å²) in [5, 5.41) is 12.4. The van der Waals surface area contributed by atoms with Crippen molar-refractivity contribution >= 4 is 38.3 Å². The molecular weight excluding hydrogens is 378 g/mol. The Balaban J connectivity index is 1.53. The summed E-state index contributed by atoms with van der Waals surface area (Å²) in [6, 6.07) is 5.91. The molecule has 3 rings (SSSR count). The predicted molar refractivity (Wildman–Crippen MR) is 94.2 cm³/mol. The molecular formula is C16H18BrN3O2S. The Morgan fingerprint density at radius 1 is 1.43 bits per heavy atom. The highest BCUT2D eigenvalue weighted by atomic mass is 79.9. The van der Waals surface area contributed by atoms with Crippen molar-refractivity contribution in [3.63, 3.8) is 0 Å². The summed E-state index contributed by atoms with van der Waals surface area (Å²) in [5.74, 6) is 1.41. The van der Waals surface area contributed by atoms with E-state index < -0.39 is 0 Å². The standard InChI is InChI=1S/C16H18BrN3O2S/c1-9(2)11-5-6-13(12(17)7-11)22-8-14(21)18-16-20-19-15(23-16)10-3-4-10/h5-7,9-10H,3-4,8H2,1-2H3,(H,18,20,21). The number of nitrogens with one attached hydrogen (secondary N) is 1. The summed E-state index contributed by atoms with van der Waals surface area (Å²) < 4.78 is 6.42. The van der Waals surface area contributed by atoms with Crippen molar-refractivity contribution < 1.29 is 9.53 Å². The summed E-state index contributed by atoms with van der Waals surface area (Å²) in [4.78, 5) is 12.0. The number of benzene rings is 1. The average molecular weight is 396 g/mol. The second-order valence-electron chi connectivity index (χ2n) is 5.90. The Morgan fingerprint density at radius 3 is 2.87 bits per heavy atom. The van der Waals surface area contributed by atoms with Gasteiger partial charge in [0, 0.05) is 5.92 Å². The van der Waals surface area contributed by atoms with Crippen molar-refractivity contribution in [3.8, 4) is 5.75 Å². The molecule has 1 aliphatic rings. The van der Waals surface area contributed by atoms with Crippen LogP contribution in [0.5, 0.6) is 5.75 Å². The molecule has 1 aliphatic carbocycles. The molecule has 1 N–H and O–H groups in total. The van der Waals surface area contributed by atoms with Crippen molar-refractivity contribution in [2.75, 3.05) is 11.9 Å². The highest BCUT2D eigenvalue weighted by Gasteiger charge is 2.27. The number of carbonyl (C=O) groups is 1. The Morgan fingerprint density at radius 2 is 2.22 bits per heavy atom. The first-order valence-corrected chi connectivity index (χ1v) is 9.19. The Labute approximate surface area is 147 Å². The number of amides is 1. The SMILES string of the molecule is CC(C)c1ccc(OCC(=O)Nc2nnc(C3CC3)s2)c(Br)c1. The van der Waals surface area contributed by atoms with E-state index in [2.05, 4.69) is 45.3 Å². The summed E-state index contributed by atoms with van der Waals surface area (Å²) in [6.45, 7) is 4.21. The third kappa shape index (κ3) is 4.29. The van der Waals surface area contributed by atoms with Crippen LogP contribution in [-0.2, 0) is 4.79 Å². The van der Waals surface area contributed by atoms with Crippen LogP contribution in [0, 0.1) is 0 Å². The van der Waals surface area contributed by atoms with Crippen LogP contribution in [0.1, 0.15) is 49.1 Å². The van der Waals surface area contributed by atoms with Crippen molar-refractivity contribution in [2.24, 2.45) is 0 Å². The van der Waals surface area contributed by atoms with Crippen LogP contribution >= 0.6 is 27.3 Å². The van der Waals surface area contributed by atoms with Gasteiger partial charge in [-0.25, -0.2) is 0 Å². The van der Waals surface area contributed by atoms with E-state index in [9.17, 15) is 4.79 Å². The first kappa shape index (κ1) is 16.4.